The van der Waals surface area contributed by atoms with Gasteiger partial charge < -0.3 is 11.1 Å². The summed E-state index contributed by atoms with van der Waals surface area (Å²) in [6.45, 7) is 4.00. The first-order chi connectivity index (χ1) is 9.02. The van der Waals surface area contributed by atoms with Crippen LogP contribution in [0.1, 0.15) is 44.6 Å². The van der Waals surface area contributed by atoms with E-state index in [2.05, 4.69) is 11.4 Å². The number of anilines is 1. The zero-order valence-corrected chi connectivity index (χ0v) is 11.9. The summed E-state index contributed by atoms with van der Waals surface area (Å²) in [6.07, 6.45) is 5.83. The van der Waals surface area contributed by atoms with Gasteiger partial charge in [-0.25, -0.2) is 0 Å². The van der Waals surface area contributed by atoms with Crippen molar-refractivity contribution in [3.8, 4) is 0 Å². The Balaban J connectivity index is 2.21. The van der Waals surface area contributed by atoms with E-state index in [-0.39, 0.29) is 5.91 Å². The van der Waals surface area contributed by atoms with Crippen molar-refractivity contribution in [3.05, 3.63) is 29.8 Å². The van der Waals surface area contributed by atoms with Crippen molar-refractivity contribution in [2.24, 2.45) is 11.7 Å². The van der Waals surface area contributed by atoms with Gasteiger partial charge >= 0.3 is 0 Å². The Morgan fingerprint density at radius 1 is 1.32 bits per heavy atom. The highest BCUT2D eigenvalue weighted by Crippen LogP contribution is 2.35. The number of carbonyl (C=O) groups excluding carboxylic acids is 1. The molecule has 19 heavy (non-hydrogen) atoms. The number of benzene rings is 1. The maximum Gasteiger partial charge on any atom is 0.243 e. The molecule has 0 radical (unpaired) electrons. The second-order valence-electron chi connectivity index (χ2n) is 5.90. The number of hydrogen-bond donors (Lipinski definition) is 2. The van der Waals surface area contributed by atoms with E-state index in [1.165, 1.54) is 24.8 Å². The molecule has 1 saturated carbocycles. The molecular formula is C16H24N2O. The fourth-order valence-corrected chi connectivity index (χ4v) is 3.07. The first-order valence-electron chi connectivity index (χ1n) is 7.17. The van der Waals surface area contributed by atoms with E-state index in [4.69, 9.17) is 5.73 Å². The van der Waals surface area contributed by atoms with Crippen LogP contribution in [0.3, 0.4) is 0 Å². The Bertz CT molecular complexity index is 452. The van der Waals surface area contributed by atoms with Gasteiger partial charge in [0.05, 0.1) is 0 Å². The number of nitrogens with two attached hydrogens (primary N) is 1. The van der Waals surface area contributed by atoms with E-state index >= 15 is 0 Å². The number of aryl methyl sites for hydroxylation is 1. The lowest BCUT2D eigenvalue weighted by molar-refractivity contribution is -0.123. The van der Waals surface area contributed by atoms with Crippen molar-refractivity contribution >= 4 is 11.6 Å². The standard InChI is InChI=1S/C16H24N2O/c1-12-7-6-10-14(11-12)18-16(2,15(17)19)13-8-4-3-5-9-13/h6-7,10-11,13,18H,3-5,8-9H2,1-2H3,(H2,17,19). The smallest absolute Gasteiger partial charge is 0.243 e. The molecule has 0 aromatic heterocycles. The second kappa shape index (κ2) is 5.64. The molecule has 1 fully saturated rings. The zero-order chi connectivity index (χ0) is 13.9. The number of rotatable bonds is 4. The number of hydrogen-bond acceptors (Lipinski definition) is 2. The fourth-order valence-electron chi connectivity index (χ4n) is 3.07. The van der Waals surface area contributed by atoms with Crippen LogP contribution < -0.4 is 11.1 Å². The maximum absolute atomic E-state index is 12.0. The van der Waals surface area contributed by atoms with Crippen LogP contribution in [-0.4, -0.2) is 11.4 Å². The van der Waals surface area contributed by atoms with Crippen LogP contribution in [0.2, 0.25) is 0 Å². The zero-order valence-electron chi connectivity index (χ0n) is 11.9. The molecule has 1 aromatic carbocycles. The molecule has 104 valence electrons. The highest BCUT2D eigenvalue weighted by atomic mass is 16.1. The summed E-state index contributed by atoms with van der Waals surface area (Å²) < 4.78 is 0. The minimum Gasteiger partial charge on any atom is -0.371 e. The molecule has 1 atom stereocenters. The molecule has 0 aliphatic heterocycles. The van der Waals surface area contributed by atoms with Gasteiger partial charge in [0.25, 0.3) is 0 Å². The van der Waals surface area contributed by atoms with Gasteiger partial charge in [0.15, 0.2) is 0 Å². The van der Waals surface area contributed by atoms with Crippen LogP contribution in [0.5, 0.6) is 0 Å². The van der Waals surface area contributed by atoms with Crippen LogP contribution in [0.15, 0.2) is 24.3 Å². The number of primary amides is 1. The van der Waals surface area contributed by atoms with Crippen LogP contribution in [0.25, 0.3) is 0 Å². The Kier molecular flexibility index (Phi) is 4.13. The average molecular weight is 260 g/mol. The largest absolute Gasteiger partial charge is 0.371 e. The average Bonchev–Trinajstić information content (AvgIpc) is 2.39. The minimum atomic E-state index is -0.645. The monoisotopic (exact) mass is 260 g/mol. The molecule has 0 saturated heterocycles. The quantitative estimate of drug-likeness (QED) is 0.873. The van der Waals surface area contributed by atoms with Crippen molar-refractivity contribution in [1.29, 1.82) is 0 Å². The predicted molar refractivity (Wildman–Crippen MR) is 79.0 cm³/mol. The third-order valence-corrected chi connectivity index (χ3v) is 4.36. The van der Waals surface area contributed by atoms with Crippen molar-refractivity contribution < 1.29 is 4.79 Å². The molecule has 0 bridgehead atoms. The highest BCUT2D eigenvalue weighted by molar-refractivity contribution is 5.88. The van der Waals surface area contributed by atoms with Gasteiger partial charge in [-0.05, 0) is 50.3 Å². The van der Waals surface area contributed by atoms with Gasteiger partial charge in [-0.1, -0.05) is 31.4 Å². The van der Waals surface area contributed by atoms with Gasteiger partial charge in [-0.15, -0.1) is 0 Å². The van der Waals surface area contributed by atoms with E-state index in [1.807, 2.05) is 32.0 Å². The lowest BCUT2D eigenvalue weighted by Gasteiger charge is -2.38. The van der Waals surface area contributed by atoms with Crippen LogP contribution in [0.4, 0.5) is 5.69 Å². The lowest BCUT2D eigenvalue weighted by Crippen LogP contribution is -2.54. The van der Waals surface area contributed by atoms with Crippen molar-refractivity contribution in [2.45, 2.75) is 51.5 Å². The molecule has 0 heterocycles. The summed E-state index contributed by atoms with van der Waals surface area (Å²) >= 11 is 0. The Hall–Kier alpha value is -1.51. The Morgan fingerprint density at radius 3 is 2.58 bits per heavy atom. The van der Waals surface area contributed by atoms with Crippen molar-refractivity contribution in [3.63, 3.8) is 0 Å². The first-order valence-corrected chi connectivity index (χ1v) is 7.17. The molecule has 1 aliphatic rings. The summed E-state index contributed by atoms with van der Waals surface area (Å²) in [7, 11) is 0. The summed E-state index contributed by atoms with van der Waals surface area (Å²) in [5, 5.41) is 3.39. The van der Waals surface area contributed by atoms with Gasteiger partial charge in [0, 0.05) is 5.69 Å². The third-order valence-electron chi connectivity index (χ3n) is 4.36. The second-order valence-corrected chi connectivity index (χ2v) is 5.90. The van der Waals surface area contributed by atoms with Gasteiger partial charge in [-0.2, -0.15) is 0 Å². The molecular weight excluding hydrogens is 236 g/mol. The summed E-state index contributed by atoms with van der Waals surface area (Å²) in [4.78, 5) is 12.0. The molecule has 3 nitrogen and oxygen atoms in total. The molecule has 3 heteroatoms. The molecule has 1 unspecified atom stereocenters. The van der Waals surface area contributed by atoms with E-state index in [9.17, 15) is 4.79 Å². The summed E-state index contributed by atoms with van der Waals surface area (Å²) in [5.41, 5.74) is 7.20. The van der Waals surface area contributed by atoms with E-state index < -0.39 is 5.54 Å². The topological polar surface area (TPSA) is 55.1 Å². The summed E-state index contributed by atoms with van der Waals surface area (Å²) in [6, 6.07) is 8.11. The van der Waals surface area contributed by atoms with Gasteiger partial charge in [-0.3, -0.25) is 4.79 Å². The first kappa shape index (κ1) is 13.9. The van der Waals surface area contributed by atoms with Gasteiger partial charge in [0.2, 0.25) is 5.91 Å². The van der Waals surface area contributed by atoms with Crippen LogP contribution in [-0.2, 0) is 4.79 Å². The maximum atomic E-state index is 12.0. The fraction of sp³-hybridized carbons (Fsp3) is 0.562. The third kappa shape index (κ3) is 3.09. The lowest BCUT2D eigenvalue weighted by atomic mass is 9.75. The molecule has 0 spiro atoms. The van der Waals surface area contributed by atoms with Crippen molar-refractivity contribution in [1.82, 2.24) is 0 Å². The molecule has 1 aliphatic carbocycles. The van der Waals surface area contributed by atoms with E-state index in [0.717, 1.165) is 18.5 Å². The molecule has 1 aromatic rings. The normalized spacial score (nSPS) is 19.7. The number of amides is 1. The van der Waals surface area contributed by atoms with Crippen LogP contribution in [0, 0.1) is 12.8 Å². The van der Waals surface area contributed by atoms with E-state index in [0.29, 0.717) is 5.92 Å². The predicted octanol–water partition coefficient (Wildman–Crippen LogP) is 3.23. The Labute approximate surface area is 115 Å². The molecule has 1 amide bonds. The van der Waals surface area contributed by atoms with Crippen molar-refractivity contribution in [2.75, 3.05) is 5.32 Å². The molecule has 2 rings (SSSR count). The minimum absolute atomic E-state index is 0.249. The highest BCUT2D eigenvalue weighted by Gasteiger charge is 2.40. The number of carbonyl (C=O) groups is 1. The number of nitrogens with one attached hydrogen (secondary N) is 1. The summed E-state index contributed by atoms with van der Waals surface area (Å²) in [5.74, 6) is 0.0835. The SMILES string of the molecule is Cc1cccc(NC(C)(C(N)=O)C2CCCCC2)c1. The van der Waals surface area contributed by atoms with E-state index in [1.54, 1.807) is 0 Å². The van der Waals surface area contributed by atoms with Gasteiger partial charge in [0.1, 0.15) is 5.54 Å². The molecule has 3 N–H and O–H groups in total. The van der Waals surface area contributed by atoms with Crippen LogP contribution >= 0.6 is 0 Å². The Morgan fingerprint density at radius 2 is 2.00 bits per heavy atom.